The molecule has 5 fully saturated rings. The first kappa shape index (κ1) is 37.2. The molecule has 276 valence electrons. The van der Waals surface area contributed by atoms with Crippen LogP contribution in [-0.4, -0.2) is 61.2 Å². The van der Waals surface area contributed by atoms with Gasteiger partial charge in [-0.15, -0.1) is 0 Å². The van der Waals surface area contributed by atoms with Gasteiger partial charge in [0.25, 0.3) is 0 Å². The van der Waals surface area contributed by atoms with Gasteiger partial charge in [-0.1, -0.05) is 58.9 Å². The number of aliphatic hydroxyl groups excluding tert-OH is 2. The predicted octanol–water partition coefficient (Wildman–Crippen LogP) is 8.16. The lowest BCUT2D eigenvalue weighted by Gasteiger charge is -2.58. The lowest BCUT2D eigenvalue weighted by molar-refractivity contribution is -0.431. The topological polar surface area (TPSA) is 95.8 Å². The molecule has 2 saturated heterocycles. The molecule has 0 aromatic heterocycles. The van der Waals surface area contributed by atoms with Gasteiger partial charge in [0.1, 0.15) is 11.9 Å². The number of hydrogen-bond acceptors (Lipinski definition) is 8. The normalized spacial score (nSPS) is 42.5. The molecule has 11 unspecified atom stereocenters. The Morgan fingerprint density at radius 3 is 2.53 bits per heavy atom. The van der Waals surface area contributed by atoms with Crippen molar-refractivity contribution >= 4 is 0 Å². The van der Waals surface area contributed by atoms with Crippen LogP contribution in [0, 0.1) is 46.3 Å². The van der Waals surface area contributed by atoms with Gasteiger partial charge in [0.05, 0.1) is 32.0 Å². The summed E-state index contributed by atoms with van der Waals surface area (Å²) in [7, 11) is 1.62. The minimum Gasteiger partial charge on any atom is -0.497 e. The standard InChI is InChI=1S/C40H60O8.CH4/c1-24(22-41)6-14-34-25(2)37-35(46-34)21-33-31-13-9-27-20-29(16-18-39(27,3)32(31)17-19-40(33,37)4)45-36-15-12-30(47-48-36)23-44-38(42)26-7-10-28(43-5)11-8-26;/h7-11,24-25,29-38,41-42H,6,12-23H2,1-5H3;1H4/t24-,25-,29?,30?,31?,32+,33?,34?,35?,36?,37?,38?,39?,40?;/m1./s1. The highest BCUT2D eigenvalue weighted by atomic mass is 17.2. The fourth-order valence-electron chi connectivity index (χ4n) is 11.3. The van der Waals surface area contributed by atoms with E-state index in [0.717, 1.165) is 62.0 Å². The summed E-state index contributed by atoms with van der Waals surface area (Å²) < 4.78 is 24.2. The monoisotopic (exact) mass is 684 g/mol. The van der Waals surface area contributed by atoms with Crippen molar-refractivity contribution in [3.05, 3.63) is 41.5 Å². The van der Waals surface area contributed by atoms with Crippen LogP contribution in [0.15, 0.2) is 35.9 Å². The SMILES string of the molecule is C.COc1ccc(C(O)OCC2CCC(OC3CCC4(C)C(=CCC5C6CC7OC(CC[C@@H](C)CO)[C@@H](C)C7C6(C)CC[C@@H]54)C3)OO2)cc1. The molecule has 8 nitrogen and oxygen atoms in total. The third-order valence-electron chi connectivity index (χ3n) is 14.1. The Bertz CT molecular complexity index is 1260. The third-order valence-corrected chi connectivity index (χ3v) is 14.1. The first-order chi connectivity index (χ1) is 23.1. The molecule has 2 heterocycles. The van der Waals surface area contributed by atoms with E-state index in [0.29, 0.717) is 40.9 Å². The van der Waals surface area contributed by atoms with Crippen molar-refractivity contribution < 1.29 is 38.9 Å². The van der Waals surface area contributed by atoms with E-state index in [2.05, 4.69) is 33.8 Å². The zero-order valence-corrected chi connectivity index (χ0v) is 29.9. The van der Waals surface area contributed by atoms with Gasteiger partial charge in [0.15, 0.2) is 12.6 Å². The number of benzene rings is 1. The zero-order valence-electron chi connectivity index (χ0n) is 29.9. The molecule has 8 heteroatoms. The maximum atomic E-state index is 10.4. The van der Waals surface area contributed by atoms with E-state index in [-0.39, 0.29) is 44.6 Å². The molecule has 4 aliphatic carbocycles. The number of ether oxygens (including phenoxy) is 4. The molecule has 6 aliphatic rings. The van der Waals surface area contributed by atoms with Crippen LogP contribution in [-0.2, 0) is 24.0 Å². The van der Waals surface area contributed by atoms with Crippen molar-refractivity contribution in [1.29, 1.82) is 0 Å². The van der Waals surface area contributed by atoms with Crippen LogP contribution in [0.5, 0.6) is 5.75 Å². The van der Waals surface area contributed by atoms with Crippen molar-refractivity contribution in [3.8, 4) is 5.75 Å². The van der Waals surface area contributed by atoms with Gasteiger partial charge in [-0.05, 0) is 123 Å². The summed E-state index contributed by atoms with van der Waals surface area (Å²) in [5, 5.41) is 20.0. The van der Waals surface area contributed by atoms with E-state index in [1.807, 2.05) is 0 Å². The quantitative estimate of drug-likeness (QED) is 0.137. The molecule has 0 radical (unpaired) electrons. The highest BCUT2D eigenvalue weighted by Crippen LogP contribution is 2.69. The van der Waals surface area contributed by atoms with Crippen molar-refractivity contribution in [2.75, 3.05) is 20.3 Å². The van der Waals surface area contributed by atoms with E-state index in [1.165, 1.54) is 32.1 Å². The summed E-state index contributed by atoms with van der Waals surface area (Å²) in [5.41, 5.74) is 2.92. The van der Waals surface area contributed by atoms with Crippen LogP contribution in [0.4, 0.5) is 0 Å². The molecule has 0 bridgehead atoms. The van der Waals surface area contributed by atoms with Gasteiger partial charge >= 0.3 is 0 Å². The molecular formula is C41H64O8. The molecule has 49 heavy (non-hydrogen) atoms. The molecular weight excluding hydrogens is 620 g/mol. The Balaban J connectivity index is 0.00000417. The minimum absolute atomic E-state index is 0. The highest BCUT2D eigenvalue weighted by Gasteiger charge is 2.65. The largest absolute Gasteiger partial charge is 0.497 e. The number of hydrogen-bond donors (Lipinski definition) is 2. The summed E-state index contributed by atoms with van der Waals surface area (Å²) in [4.78, 5) is 11.4. The van der Waals surface area contributed by atoms with E-state index >= 15 is 0 Å². The maximum Gasteiger partial charge on any atom is 0.191 e. The van der Waals surface area contributed by atoms with E-state index in [4.69, 9.17) is 28.7 Å². The average Bonchev–Trinajstić information content (AvgIpc) is 3.59. The minimum atomic E-state index is -1.03. The Labute approximate surface area is 295 Å². The molecule has 0 spiro atoms. The van der Waals surface area contributed by atoms with Gasteiger partial charge in [-0.3, -0.25) is 0 Å². The Kier molecular flexibility index (Phi) is 11.6. The summed E-state index contributed by atoms with van der Waals surface area (Å²) in [6, 6.07) is 7.19. The van der Waals surface area contributed by atoms with E-state index in [1.54, 1.807) is 36.9 Å². The van der Waals surface area contributed by atoms with Crippen LogP contribution in [0.25, 0.3) is 0 Å². The lowest BCUT2D eigenvalue weighted by atomic mass is 9.47. The first-order valence-electron chi connectivity index (χ1n) is 19.0. The number of methoxy groups -OCH3 is 1. The Hall–Kier alpha value is -1.52. The fraction of sp³-hybridized carbons (Fsp3) is 0.805. The van der Waals surface area contributed by atoms with Gasteiger partial charge < -0.3 is 29.2 Å². The Morgan fingerprint density at radius 2 is 1.82 bits per heavy atom. The molecule has 1 aromatic rings. The molecule has 14 atom stereocenters. The van der Waals surface area contributed by atoms with Crippen molar-refractivity contribution in [2.24, 2.45) is 46.3 Å². The van der Waals surface area contributed by atoms with Gasteiger partial charge in [-0.2, -0.15) is 0 Å². The maximum absolute atomic E-state index is 10.4. The molecule has 0 amide bonds. The molecule has 2 aliphatic heterocycles. The van der Waals surface area contributed by atoms with Crippen LogP contribution in [0.3, 0.4) is 0 Å². The van der Waals surface area contributed by atoms with Crippen molar-refractivity contribution in [2.45, 2.75) is 143 Å². The Morgan fingerprint density at radius 1 is 1.02 bits per heavy atom. The van der Waals surface area contributed by atoms with Crippen molar-refractivity contribution in [1.82, 2.24) is 0 Å². The summed E-state index contributed by atoms with van der Waals surface area (Å²) >= 11 is 0. The second-order valence-corrected chi connectivity index (χ2v) is 16.8. The lowest BCUT2D eigenvalue weighted by Crippen LogP contribution is -2.51. The molecule has 7 rings (SSSR count). The van der Waals surface area contributed by atoms with Gasteiger partial charge in [0, 0.05) is 18.6 Å². The van der Waals surface area contributed by atoms with Crippen LogP contribution in [0.2, 0.25) is 0 Å². The first-order valence-corrected chi connectivity index (χ1v) is 19.0. The predicted molar refractivity (Wildman–Crippen MR) is 188 cm³/mol. The van der Waals surface area contributed by atoms with Gasteiger partial charge in [0.2, 0.25) is 0 Å². The van der Waals surface area contributed by atoms with Crippen LogP contribution >= 0.6 is 0 Å². The molecule has 3 saturated carbocycles. The second kappa shape index (κ2) is 15.2. The van der Waals surface area contributed by atoms with Crippen LogP contribution in [0.1, 0.15) is 118 Å². The summed E-state index contributed by atoms with van der Waals surface area (Å²) in [6.45, 7) is 10.3. The number of aliphatic hydroxyl groups is 2. The average molecular weight is 685 g/mol. The summed E-state index contributed by atoms with van der Waals surface area (Å²) in [6.07, 6.45) is 13.8. The third kappa shape index (κ3) is 7.14. The molecule has 2 N–H and O–H groups in total. The number of allylic oxidation sites excluding steroid dienone is 1. The van der Waals surface area contributed by atoms with Crippen LogP contribution < -0.4 is 4.74 Å². The smallest absolute Gasteiger partial charge is 0.191 e. The fourth-order valence-corrected chi connectivity index (χ4v) is 11.3. The second-order valence-electron chi connectivity index (χ2n) is 16.8. The van der Waals surface area contributed by atoms with E-state index < -0.39 is 6.29 Å². The highest BCUT2D eigenvalue weighted by molar-refractivity contribution is 5.28. The number of rotatable bonds is 11. The zero-order chi connectivity index (χ0) is 33.6. The van der Waals surface area contributed by atoms with E-state index in [9.17, 15) is 10.2 Å². The summed E-state index contributed by atoms with van der Waals surface area (Å²) in [5.74, 6) is 4.61. The van der Waals surface area contributed by atoms with Gasteiger partial charge in [-0.25, -0.2) is 9.78 Å². The molecule has 1 aromatic carbocycles. The number of fused-ring (bicyclic) bond motifs is 7. The van der Waals surface area contributed by atoms with Crippen molar-refractivity contribution in [3.63, 3.8) is 0 Å².